The molecule has 7 heteroatoms. The van der Waals surface area contributed by atoms with Crippen molar-refractivity contribution in [2.75, 3.05) is 11.9 Å². The lowest BCUT2D eigenvalue weighted by Crippen LogP contribution is -2.40. The molecule has 0 bridgehead atoms. The minimum atomic E-state index is -0.189. The number of aromatic nitrogens is 2. The highest BCUT2D eigenvalue weighted by Crippen LogP contribution is 2.26. The number of nitrogens with one attached hydrogen (secondary N) is 1. The maximum absolute atomic E-state index is 13.3. The van der Waals surface area contributed by atoms with E-state index in [9.17, 15) is 9.59 Å². The monoisotopic (exact) mass is 458 g/mol. The van der Waals surface area contributed by atoms with Crippen LogP contribution in [-0.2, 0) is 4.79 Å². The molecular weight excluding hydrogens is 432 g/mol. The average Bonchev–Trinajstić information content (AvgIpc) is 3.32. The summed E-state index contributed by atoms with van der Waals surface area (Å²) in [5.74, 6) is -0.254. The lowest BCUT2D eigenvalue weighted by molar-refractivity contribution is -0.116. The van der Waals surface area contributed by atoms with Crippen LogP contribution in [0.5, 0.6) is 0 Å². The first kappa shape index (κ1) is 22.6. The molecule has 1 N–H and O–H groups in total. The zero-order chi connectivity index (χ0) is 23.2. The summed E-state index contributed by atoms with van der Waals surface area (Å²) in [4.78, 5) is 27.7. The fourth-order valence-corrected chi connectivity index (χ4v) is 4.37. The molecule has 4 aromatic rings. The van der Waals surface area contributed by atoms with Gasteiger partial charge in [0.25, 0.3) is 5.91 Å². The maximum atomic E-state index is 13.3. The van der Waals surface area contributed by atoms with Crippen LogP contribution in [0.3, 0.4) is 0 Å². The minimum Gasteiger partial charge on any atom is -0.335 e. The second kappa shape index (κ2) is 10.4. The van der Waals surface area contributed by atoms with Crippen molar-refractivity contribution in [3.05, 3.63) is 78.4 Å². The predicted octanol–water partition coefficient (Wildman–Crippen LogP) is 5.63. The van der Waals surface area contributed by atoms with Gasteiger partial charge in [-0.05, 0) is 36.2 Å². The van der Waals surface area contributed by atoms with Gasteiger partial charge >= 0.3 is 0 Å². The third kappa shape index (κ3) is 5.43. The molecule has 6 nitrogen and oxygen atoms in total. The zero-order valence-electron chi connectivity index (χ0n) is 18.7. The molecule has 0 aliphatic heterocycles. The van der Waals surface area contributed by atoms with E-state index in [-0.39, 0.29) is 24.3 Å². The van der Waals surface area contributed by atoms with Crippen LogP contribution in [0.1, 0.15) is 37.0 Å². The molecule has 0 spiro atoms. The Balaban J connectivity index is 1.41. The Morgan fingerprint density at radius 1 is 0.970 bits per heavy atom. The molecule has 1 aromatic heterocycles. The SMILES string of the molecule is CCC(C)N(CCC(=O)Nc1nnc(-c2ccccc2)s1)C(=O)c1ccc2ccccc2c1. The van der Waals surface area contributed by atoms with Gasteiger partial charge in [-0.25, -0.2) is 0 Å². The second-order valence-corrected chi connectivity index (χ2v) is 8.87. The van der Waals surface area contributed by atoms with Crippen LogP contribution in [0, 0.1) is 0 Å². The maximum Gasteiger partial charge on any atom is 0.254 e. The second-order valence-electron chi connectivity index (χ2n) is 7.89. The van der Waals surface area contributed by atoms with Crippen LogP contribution in [0.15, 0.2) is 72.8 Å². The van der Waals surface area contributed by atoms with Gasteiger partial charge in [0.15, 0.2) is 0 Å². The molecule has 1 heterocycles. The van der Waals surface area contributed by atoms with Crippen LogP contribution in [0.4, 0.5) is 5.13 Å². The standard InChI is InChI=1S/C26H26N4O2S/c1-3-18(2)30(25(32)22-14-13-19-9-7-8-12-21(19)17-22)16-15-23(31)27-26-29-28-24(33-26)20-10-5-4-6-11-20/h4-14,17-18H,3,15-16H2,1-2H3,(H,27,29,31). The van der Waals surface area contributed by atoms with E-state index in [1.807, 2.05) is 86.6 Å². The topological polar surface area (TPSA) is 75.2 Å². The molecule has 0 aliphatic rings. The molecule has 0 aliphatic carbocycles. The van der Waals surface area contributed by atoms with E-state index < -0.39 is 0 Å². The van der Waals surface area contributed by atoms with Gasteiger partial charge in [0.1, 0.15) is 5.01 Å². The van der Waals surface area contributed by atoms with Gasteiger partial charge in [0.2, 0.25) is 11.0 Å². The Morgan fingerprint density at radius 3 is 2.45 bits per heavy atom. The first-order chi connectivity index (χ1) is 16.0. The average molecular weight is 459 g/mol. The Kier molecular flexibility index (Phi) is 7.10. The zero-order valence-corrected chi connectivity index (χ0v) is 19.5. The molecule has 0 saturated heterocycles. The highest BCUT2D eigenvalue weighted by molar-refractivity contribution is 7.18. The van der Waals surface area contributed by atoms with Crippen LogP contribution in [0.2, 0.25) is 0 Å². The van der Waals surface area contributed by atoms with Crippen molar-refractivity contribution >= 4 is 39.1 Å². The molecule has 2 amide bonds. The number of carbonyl (C=O) groups excluding carboxylic acids is 2. The molecule has 3 aromatic carbocycles. The van der Waals surface area contributed by atoms with Crippen molar-refractivity contribution < 1.29 is 9.59 Å². The highest BCUT2D eigenvalue weighted by Gasteiger charge is 2.22. The van der Waals surface area contributed by atoms with Gasteiger partial charge in [0, 0.05) is 30.1 Å². The first-order valence-electron chi connectivity index (χ1n) is 11.0. The Hall–Kier alpha value is -3.58. The molecule has 1 unspecified atom stereocenters. The number of anilines is 1. The number of hydrogen-bond donors (Lipinski definition) is 1. The molecule has 0 radical (unpaired) electrons. The van der Waals surface area contributed by atoms with Crippen molar-refractivity contribution in [1.29, 1.82) is 0 Å². The Morgan fingerprint density at radius 2 is 1.70 bits per heavy atom. The number of amides is 2. The van der Waals surface area contributed by atoms with Crippen molar-refractivity contribution in [2.24, 2.45) is 0 Å². The Bertz CT molecular complexity index is 1260. The summed E-state index contributed by atoms with van der Waals surface area (Å²) in [6.07, 6.45) is 0.988. The van der Waals surface area contributed by atoms with Crippen molar-refractivity contribution in [2.45, 2.75) is 32.7 Å². The molecule has 0 saturated carbocycles. The van der Waals surface area contributed by atoms with Gasteiger partial charge < -0.3 is 10.2 Å². The van der Waals surface area contributed by atoms with Crippen LogP contribution in [0.25, 0.3) is 21.3 Å². The molecule has 168 valence electrons. The summed E-state index contributed by atoms with van der Waals surface area (Å²) < 4.78 is 0. The van der Waals surface area contributed by atoms with Gasteiger partial charge in [-0.2, -0.15) is 0 Å². The lowest BCUT2D eigenvalue weighted by atomic mass is 10.1. The normalized spacial score (nSPS) is 11.8. The largest absolute Gasteiger partial charge is 0.335 e. The summed E-state index contributed by atoms with van der Waals surface area (Å²) >= 11 is 1.33. The fourth-order valence-electron chi connectivity index (χ4n) is 3.61. The predicted molar refractivity (Wildman–Crippen MR) is 133 cm³/mol. The van der Waals surface area contributed by atoms with Crippen molar-refractivity contribution in [3.63, 3.8) is 0 Å². The highest BCUT2D eigenvalue weighted by atomic mass is 32.1. The van der Waals surface area contributed by atoms with Crippen LogP contribution >= 0.6 is 11.3 Å². The van der Waals surface area contributed by atoms with Crippen LogP contribution in [-0.4, -0.2) is 39.5 Å². The first-order valence-corrected chi connectivity index (χ1v) is 11.9. The van der Waals surface area contributed by atoms with Crippen molar-refractivity contribution in [1.82, 2.24) is 15.1 Å². The third-order valence-electron chi connectivity index (χ3n) is 5.65. The summed E-state index contributed by atoms with van der Waals surface area (Å²) in [5, 5.41) is 14.4. The van der Waals surface area contributed by atoms with Crippen LogP contribution < -0.4 is 5.32 Å². The van der Waals surface area contributed by atoms with E-state index in [4.69, 9.17) is 0 Å². The van der Waals surface area contributed by atoms with E-state index in [0.29, 0.717) is 17.2 Å². The molecule has 33 heavy (non-hydrogen) atoms. The molecule has 1 atom stereocenters. The van der Waals surface area contributed by atoms with E-state index in [0.717, 1.165) is 27.8 Å². The Labute approximate surface area is 197 Å². The molecular formula is C26H26N4O2S. The molecule has 0 fully saturated rings. The summed E-state index contributed by atoms with van der Waals surface area (Å²) in [6.45, 7) is 4.38. The summed E-state index contributed by atoms with van der Waals surface area (Å²) in [6, 6.07) is 23.4. The van der Waals surface area contributed by atoms with E-state index in [1.165, 1.54) is 11.3 Å². The van der Waals surface area contributed by atoms with Gasteiger partial charge in [-0.15, -0.1) is 10.2 Å². The number of hydrogen-bond acceptors (Lipinski definition) is 5. The summed E-state index contributed by atoms with van der Waals surface area (Å²) in [7, 11) is 0. The number of fused-ring (bicyclic) bond motifs is 1. The summed E-state index contributed by atoms with van der Waals surface area (Å²) in [5.41, 5.74) is 1.59. The van der Waals surface area contributed by atoms with E-state index in [1.54, 1.807) is 4.90 Å². The van der Waals surface area contributed by atoms with Gasteiger partial charge in [0.05, 0.1) is 0 Å². The number of carbonyl (C=O) groups is 2. The third-order valence-corrected chi connectivity index (χ3v) is 6.54. The minimum absolute atomic E-state index is 0.0167. The van der Waals surface area contributed by atoms with Gasteiger partial charge in [-0.3, -0.25) is 9.59 Å². The number of benzene rings is 3. The number of rotatable bonds is 8. The quantitative estimate of drug-likeness (QED) is 0.371. The number of nitrogens with zero attached hydrogens (tertiary/aromatic N) is 3. The molecule has 4 rings (SSSR count). The lowest BCUT2D eigenvalue weighted by Gasteiger charge is -2.28. The van der Waals surface area contributed by atoms with E-state index >= 15 is 0 Å². The fraction of sp³-hybridized carbons (Fsp3) is 0.231. The van der Waals surface area contributed by atoms with Crippen molar-refractivity contribution in [3.8, 4) is 10.6 Å². The van der Waals surface area contributed by atoms with Gasteiger partial charge in [-0.1, -0.05) is 78.9 Å². The van der Waals surface area contributed by atoms with E-state index in [2.05, 4.69) is 15.5 Å². The smallest absolute Gasteiger partial charge is 0.254 e.